The van der Waals surface area contributed by atoms with Gasteiger partial charge in [0.2, 0.25) is 5.91 Å². The van der Waals surface area contributed by atoms with Gasteiger partial charge in [-0.05, 0) is 0 Å². The van der Waals surface area contributed by atoms with Crippen molar-refractivity contribution >= 4 is 17.9 Å². The number of amides is 3. The Morgan fingerprint density at radius 2 is 2.27 bits per heavy atom. The fraction of sp³-hybridized carbons (Fsp3) is 0.571. The highest BCUT2D eigenvalue weighted by atomic mass is 16.7. The molecule has 1 unspecified atom stereocenters. The Bertz CT molecular complexity index is 331. The number of hydroxylamine groups is 2. The van der Waals surface area contributed by atoms with Crippen LogP contribution < -0.4 is 5.32 Å². The van der Waals surface area contributed by atoms with Crippen molar-refractivity contribution in [1.82, 2.24) is 15.3 Å². The molecule has 2 N–H and O–H groups in total. The lowest BCUT2D eigenvalue weighted by Gasteiger charge is -2.43. The number of carboxylic acid groups (broad SMARTS) is 1. The molecule has 2 saturated heterocycles. The molecule has 3 amide bonds. The van der Waals surface area contributed by atoms with E-state index in [1.807, 2.05) is 0 Å². The monoisotopic (exact) mass is 215 g/mol. The number of carbonyl (C=O) groups excluding carboxylic acids is 2. The molecule has 0 aliphatic carbocycles. The normalized spacial score (nSPS) is 26.0. The number of hydrogen-bond donors (Lipinski definition) is 2. The van der Waals surface area contributed by atoms with Gasteiger partial charge in [0.05, 0.1) is 6.54 Å². The van der Waals surface area contributed by atoms with E-state index in [2.05, 4.69) is 5.32 Å². The first-order valence-corrected chi connectivity index (χ1v) is 4.31. The molecule has 0 bridgehead atoms. The van der Waals surface area contributed by atoms with E-state index < -0.39 is 12.3 Å². The summed E-state index contributed by atoms with van der Waals surface area (Å²) in [5.41, 5.74) is 0. The maximum Gasteiger partial charge on any atom is 0.433 e. The summed E-state index contributed by atoms with van der Waals surface area (Å²) in [5.74, 6) is -0.681. The van der Waals surface area contributed by atoms with Crippen LogP contribution in [0.5, 0.6) is 0 Å². The van der Waals surface area contributed by atoms with Gasteiger partial charge in [0.15, 0.2) is 12.8 Å². The van der Waals surface area contributed by atoms with Gasteiger partial charge in [-0.2, -0.15) is 5.06 Å². The van der Waals surface area contributed by atoms with Gasteiger partial charge in [0.1, 0.15) is 6.54 Å². The van der Waals surface area contributed by atoms with Gasteiger partial charge >= 0.3 is 6.09 Å². The first kappa shape index (κ1) is 9.71. The summed E-state index contributed by atoms with van der Waals surface area (Å²) in [6.07, 6.45) is -2.05. The van der Waals surface area contributed by atoms with Crippen molar-refractivity contribution in [2.24, 2.45) is 0 Å². The molecule has 2 heterocycles. The molecule has 2 fully saturated rings. The molecule has 8 nitrogen and oxygen atoms in total. The molecule has 1 atom stereocenters. The Labute approximate surface area is 84.3 Å². The van der Waals surface area contributed by atoms with E-state index in [1.54, 1.807) is 0 Å². The molecule has 0 aromatic rings. The summed E-state index contributed by atoms with van der Waals surface area (Å²) in [5, 5.41) is 11.9. The fourth-order valence-electron chi connectivity index (χ4n) is 1.57. The van der Waals surface area contributed by atoms with E-state index in [4.69, 9.17) is 9.94 Å². The number of nitrogens with zero attached hydrogens (tertiary/aromatic N) is 2. The van der Waals surface area contributed by atoms with Crippen LogP contribution in [0.1, 0.15) is 0 Å². The Kier molecular flexibility index (Phi) is 2.19. The summed E-state index contributed by atoms with van der Waals surface area (Å²) in [7, 11) is 0. The van der Waals surface area contributed by atoms with Crippen LogP contribution in [-0.2, 0) is 14.4 Å². The van der Waals surface area contributed by atoms with Gasteiger partial charge in [0.25, 0.3) is 5.91 Å². The minimum absolute atomic E-state index is 0.0525. The SMILES string of the molecule is O=C1CN2C(=O)CON(C(=O)O)C2CN1. The molecule has 8 heteroatoms. The van der Waals surface area contributed by atoms with Crippen LogP contribution in [0.25, 0.3) is 0 Å². The summed E-state index contributed by atoms with van der Waals surface area (Å²) in [4.78, 5) is 39.1. The van der Waals surface area contributed by atoms with Crippen LogP contribution in [0.3, 0.4) is 0 Å². The zero-order chi connectivity index (χ0) is 11.0. The summed E-state index contributed by atoms with van der Waals surface area (Å²) >= 11 is 0. The number of piperazine rings is 1. The number of hydrogen-bond acceptors (Lipinski definition) is 4. The van der Waals surface area contributed by atoms with Crippen molar-refractivity contribution in [3.63, 3.8) is 0 Å². The van der Waals surface area contributed by atoms with Crippen LogP contribution in [0.4, 0.5) is 4.79 Å². The van der Waals surface area contributed by atoms with Crippen LogP contribution in [0.15, 0.2) is 0 Å². The molecular formula is C7H9N3O5. The van der Waals surface area contributed by atoms with Crippen molar-refractivity contribution < 1.29 is 24.3 Å². The van der Waals surface area contributed by atoms with Crippen molar-refractivity contribution in [2.45, 2.75) is 6.17 Å². The molecule has 2 aliphatic rings. The standard InChI is InChI=1S/C7H9N3O5/c11-4-2-9-5(1-8-4)10(7(13)14)15-3-6(9)12/h5H,1-3H2,(H,8,11)(H,13,14). The fourth-order valence-corrected chi connectivity index (χ4v) is 1.57. The summed E-state index contributed by atoms with van der Waals surface area (Å²) < 4.78 is 0. The molecule has 15 heavy (non-hydrogen) atoms. The number of rotatable bonds is 0. The van der Waals surface area contributed by atoms with Gasteiger partial charge in [-0.15, -0.1) is 0 Å². The Morgan fingerprint density at radius 3 is 2.93 bits per heavy atom. The zero-order valence-corrected chi connectivity index (χ0v) is 7.67. The number of nitrogens with one attached hydrogen (secondary N) is 1. The van der Waals surface area contributed by atoms with Crippen molar-refractivity contribution in [2.75, 3.05) is 19.7 Å². The smallest absolute Gasteiger partial charge is 0.433 e. The average molecular weight is 215 g/mol. The first-order chi connectivity index (χ1) is 7.09. The molecular weight excluding hydrogens is 206 g/mol. The lowest BCUT2D eigenvalue weighted by molar-refractivity contribution is -0.227. The van der Waals surface area contributed by atoms with Gasteiger partial charge in [-0.25, -0.2) is 4.79 Å². The second-order valence-electron chi connectivity index (χ2n) is 3.19. The van der Waals surface area contributed by atoms with Crippen LogP contribution in [0, 0.1) is 0 Å². The molecule has 0 aromatic carbocycles. The van der Waals surface area contributed by atoms with E-state index in [0.717, 1.165) is 0 Å². The first-order valence-electron chi connectivity index (χ1n) is 4.31. The highest BCUT2D eigenvalue weighted by molar-refractivity contribution is 5.87. The van der Waals surface area contributed by atoms with Crippen molar-refractivity contribution in [3.05, 3.63) is 0 Å². The summed E-state index contributed by atoms with van der Waals surface area (Å²) in [6.45, 7) is -0.427. The van der Waals surface area contributed by atoms with E-state index >= 15 is 0 Å². The zero-order valence-electron chi connectivity index (χ0n) is 7.67. The predicted molar refractivity (Wildman–Crippen MR) is 44.3 cm³/mol. The molecule has 0 radical (unpaired) electrons. The van der Waals surface area contributed by atoms with E-state index in [-0.39, 0.29) is 31.5 Å². The second kappa shape index (κ2) is 3.39. The molecule has 0 saturated carbocycles. The van der Waals surface area contributed by atoms with Crippen molar-refractivity contribution in [3.8, 4) is 0 Å². The third kappa shape index (κ3) is 1.59. The Morgan fingerprint density at radius 1 is 1.53 bits per heavy atom. The van der Waals surface area contributed by atoms with Crippen LogP contribution in [0.2, 0.25) is 0 Å². The third-order valence-electron chi connectivity index (χ3n) is 2.26. The molecule has 82 valence electrons. The predicted octanol–water partition coefficient (Wildman–Crippen LogP) is -1.80. The van der Waals surface area contributed by atoms with Crippen LogP contribution >= 0.6 is 0 Å². The minimum atomic E-state index is -1.28. The Balaban J connectivity index is 2.19. The quantitative estimate of drug-likeness (QED) is 0.496. The van der Waals surface area contributed by atoms with Gasteiger partial charge in [0, 0.05) is 0 Å². The average Bonchev–Trinajstić information content (AvgIpc) is 2.19. The van der Waals surface area contributed by atoms with Crippen molar-refractivity contribution in [1.29, 1.82) is 0 Å². The highest BCUT2D eigenvalue weighted by Gasteiger charge is 2.41. The lowest BCUT2D eigenvalue weighted by atomic mass is 10.2. The minimum Gasteiger partial charge on any atom is -0.463 e. The number of carbonyl (C=O) groups is 3. The maximum absolute atomic E-state index is 11.3. The topological polar surface area (TPSA) is 99.2 Å². The third-order valence-corrected chi connectivity index (χ3v) is 2.26. The molecule has 2 aliphatic heterocycles. The molecule has 0 spiro atoms. The Hall–Kier alpha value is -1.83. The maximum atomic E-state index is 11.3. The number of fused-ring (bicyclic) bond motifs is 1. The van der Waals surface area contributed by atoms with Gasteiger partial charge in [-0.3, -0.25) is 14.4 Å². The lowest BCUT2D eigenvalue weighted by Crippen LogP contribution is -2.67. The molecule has 2 rings (SSSR count). The highest BCUT2D eigenvalue weighted by Crippen LogP contribution is 2.15. The van der Waals surface area contributed by atoms with E-state index in [0.29, 0.717) is 5.06 Å². The van der Waals surface area contributed by atoms with Gasteiger partial charge < -0.3 is 15.3 Å². The second-order valence-corrected chi connectivity index (χ2v) is 3.19. The molecule has 0 aromatic heterocycles. The van der Waals surface area contributed by atoms with E-state index in [1.165, 1.54) is 4.90 Å². The van der Waals surface area contributed by atoms with Gasteiger partial charge in [-0.1, -0.05) is 0 Å². The largest absolute Gasteiger partial charge is 0.463 e. The van der Waals surface area contributed by atoms with Crippen LogP contribution in [-0.4, -0.2) is 58.8 Å². The van der Waals surface area contributed by atoms with E-state index in [9.17, 15) is 14.4 Å². The summed E-state index contributed by atoms with van der Waals surface area (Å²) in [6, 6.07) is 0.